The van der Waals surface area contributed by atoms with Gasteiger partial charge in [-0.05, 0) is 31.0 Å². The molecule has 1 aromatic carbocycles. The van der Waals surface area contributed by atoms with E-state index in [0.29, 0.717) is 21.5 Å². The molecule has 4 rings (SSSR count). The van der Waals surface area contributed by atoms with E-state index in [0.717, 1.165) is 25.7 Å². The summed E-state index contributed by atoms with van der Waals surface area (Å²) >= 11 is 6.33. The van der Waals surface area contributed by atoms with Crippen LogP contribution in [-0.4, -0.2) is 28.1 Å². The Hall–Kier alpha value is -1.85. The Kier molecular flexibility index (Phi) is 3.62. The van der Waals surface area contributed by atoms with E-state index < -0.39 is 6.04 Å². The van der Waals surface area contributed by atoms with Gasteiger partial charge in [0.1, 0.15) is 17.3 Å². The fraction of sp³-hybridized carbons (Fsp3) is 0.412. The van der Waals surface area contributed by atoms with Gasteiger partial charge in [0.05, 0.1) is 5.02 Å². The molecule has 6 heteroatoms. The molecule has 1 aliphatic carbocycles. The molecule has 23 heavy (non-hydrogen) atoms. The summed E-state index contributed by atoms with van der Waals surface area (Å²) in [5.41, 5.74) is 0.915. The number of hydrogen-bond acceptors (Lipinski definition) is 4. The number of nitrogens with zero attached hydrogens (tertiary/aromatic N) is 1. The van der Waals surface area contributed by atoms with Gasteiger partial charge in [0.2, 0.25) is 5.91 Å². The second kappa shape index (κ2) is 5.65. The van der Waals surface area contributed by atoms with Crippen molar-refractivity contribution in [3.8, 4) is 5.75 Å². The third kappa shape index (κ3) is 2.44. The van der Waals surface area contributed by atoms with Gasteiger partial charge in [-0.15, -0.1) is 0 Å². The number of aromatic nitrogens is 1. The summed E-state index contributed by atoms with van der Waals surface area (Å²) in [6.45, 7) is 0. The van der Waals surface area contributed by atoms with Crippen LogP contribution in [0.4, 0.5) is 0 Å². The number of halogens is 1. The van der Waals surface area contributed by atoms with Crippen LogP contribution >= 0.6 is 11.6 Å². The van der Waals surface area contributed by atoms with Gasteiger partial charge in [0.25, 0.3) is 0 Å². The van der Waals surface area contributed by atoms with Gasteiger partial charge in [-0.1, -0.05) is 24.4 Å². The molecule has 1 amide bonds. The summed E-state index contributed by atoms with van der Waals surface area (Å²) in [7, 11) is 0. The quantitative estimate of drug-likeness (QED) is 0.751. The van der Waals surface area contributed by atoms with Crippen molar-refractivity contribution in [3.63, 3.8) is 0 Å². The van der Waals surface area contributed by atoms with Crippen LogP contribution in [0, 0.1) is 0 Å². The maximum Gasteiger partial charge on any atom is 0.242 e. The summed E-state index contributed by atoms with van der Waals surface area (Å²) in [4.78, 5) is 16.7. The molecule has 5 nitrogen and oxygen atoms in total. The van der Waals surface area contributed by atoms with E-state index in [9.17, 15) is 9.90 Å². The topological polar surface area (TPSA) is 74.2 Å². The molecule has 2 aliphatic rings. The first-order valence-corrected chi connectivity index (χ1v) is 8.35. The number of rotatable bonds is 1. The third-order valence-electron chi connectivity index (χ3n) is 4.89. The number of pyridine rings is 1. The standard InChI is InChI=1S/C17H18ClN3O2/c18-11-8-10(16(22)14-9(11)4-3-7-19-14)15-17(23)21-13-6-2-1-5-12(13)20-15/h3-4,7-8,12-13,15,20,22H,1-2,5-6H2,(H,21,23). The number of piperazine rings is 1. The van der Waals surface area contributed by atoms with Crippen molar-refractivity contribution in [2.24, 2.45) is 0 Å². The second-order valence-corrected chi connectivity index (χ2v) is 6.71. The molecule has 120 valence electrons. The van der Waals surface area contributed by atoms with Crippen LogP contribution in [0.5, 0.6) is 5.75 Å². The Morgan fingerprint density at radius 3 is 2.87 bits per heavy atom. The van der Waals surface area contributed by atoms with Gasteiger partial charge < -0.3 is 10.4 Å². The smallest absolute Gasteiger partial charge is 0.242 e. The lowest BCUT2D eigenvalue weighted by Gasteiger charge is -2.40. The second-order valence-electron chi connectivity index (χ2n) is 6.30. The normalized spacial score (nSPS) is 27.5. The zero-order chi connectivity index (χ0) is 16.0. The molecule has 0 bridgehead atoms. The number of carbonyl (C=O) groups is 1. The largest absolute Gasteiger partial charge is 0.505 e. The van der Waals surface area contributed by atoms with E-state index in [1.54, 1.807) is 24.4 Å². The number of nitrogens with one attached hydrogen (secondary N) is 2. The zero-order valence-electron chi connectivity index (χ0n) is 12.6. The maximum atomic E-state index is 12.5. The monoisotopic (exact) mass is 331 g/mol. The van der Waals surface area contributed by atoms with Crippen LogP contribution in [0.25, 0.3) is 10.9 Å². The SMILES string of the molecule is O=C1NC2CCCCC2NC1c1cc(Cl)c2cccnc2c1O. The number of benzene rings is 1. The molecule has 2 aromatic rings. The molecule has 2 fully saturated rings. The molecule has 1 saturated carbocycles. The van der Waals surface area contributed by atoms with Gasteiger partial charge in [-0.25, -0.2) is 0 Å². The average molecular weight is 332 g/mol. The number of fused-ring (bicyclic) bond motifs is 2. The highest BCUT2D eigenvalue weighted by atomic mass is 35.5. The van der Waals surface area contributed by atoms with Crippen LogP contribution in [0.2, 0.25) is 5.02 Å². The Labute approximate surface area is 139 Å². The van der Waals surface area contributed by atoms with Crippen LogP contribution in [0.15, 0.2) is 24.4 Å². The van der Waals surface area contributed by atoms with Crippen molar-refractivity contribution in [1.29, 1.82) is 0 Å². The van der Waals surface area contributed by atoms with Gasteiger partial charge in [0, 0.05) is 29.2 Å². The highest BCUT2D eigenvalue weighted by Crippen LogP contribution is 2.38. The number of aromatic hydroxyl groups is 1. The van der Waals surface area contributed by atoms with Crippen molar-refractivity contribution >= 4 is 28.4 Å². The molecule has 2 heterocycles. The summed E-state index contributed by atoms with van der Waals surface area (Å²) in [6.07, 6.45) is 5.94. The predicted molar refractivity (Wildman–Crippen MR) is 88.5 cm³/mol. The summed E-state index contributed by atoms with van der Waals surface area (Å²) in [5.74, 6) is -0.0956. The molecule has 1 saturated heterocycles. The number of amides is 1. The van der Waals surface area contributed by atoms with Crippen molar-refractivity contribution in [3.05, 3.63) is 35.0 Å². The molecular formula is C17H18ClN3O2. The van der Waals surface area contributed by atoms with Gasteiger partial charge in [0.15, 0.2) is 0 Å². The van der Waals surface area contributed by atoms with Gasteiger partial charge in [-0.2, -0.15) is 0 Å². The number of hydrogen-bond donors (Lipinski definition) is 3. The first-order valence-electron chi connectivity index (χ1n) is 7.97. The van der Waals surface area contributed by atoms with E-state index in [1.807, 2.05) is 0 Å². The predicted octanol–water partition coefficient (Wildman–Crippen LogP) is 2.67. The highest BCUT2D eigenvalue weighted by Gasteiger charge is 2.38. The Morgan fingerprint density at radius 1 is 1.26 bits per heavy atom. The van der Waals surface area contributed by atoms with E-state index >= 15 is 0 Å². The average Bonchev–Trinajstić information content (AvgIpc) is 2.58. The van der Waals surface area contributed by atoms with Gasteiger partial charge in [-0.3, -0.25) is 15.1 Å². The minimum Gasteiger partial charge on any atom is -0.505 e. The minimum absolute atomic E-state index is 0.0203. The van der Waals surface area contributed by atoms with E-state index in [1.165, 1.54) is 0 Å². The van der Waals surface area contributed by atoms with Crippen molar-refractivity contribution in [1.82, 2.24) is 15.6 Å². The Bertz CT molecular complexity index is 780. The van der Waals surface area contributed by atoms with E-state index in [-0.39, 0.29) is 23.7 Å². The highest BCUT2D eigenvalue weighted by molar-refractivity contribution is 6.35. The summed E-state index contributed by atoms with van der Waals surface area (Å²) in [5, 5.41) is 18.3. The van der Waals surface area contributed by atoms with E-state index in [2.05, 4.69) is 15.6 Å². The van der Waals surface area contributed by atoms with Crippen LogP contribution in [-0.2, 0) is 4.79 Å². The molecule has 0 spiro atoms. The zero-order valence-corrected chi connectivity index (χ0v) is 13.3. The van der Waals surface area contributed by atoms with Gasteiger partial charge >= 0.3 is 0 Å². The van der Waals surface area contributed by atoms with E-state index in [4.69, 9.17) is 11.6 Å². The van der Waals surface area contributed by atoms with Crippen LogP contribution in [0.1, 0.15) is 37.3 Å². The fourth-order valence-corrected chi connectivity index (χ4v) is 3.99. The van der Waals surface area contributed by atoms with Crippen molar-refractivity contribution in [2.75, 3.05) is 0 Å². The Balaban J connectivity index is 1.76. The molecule has 3 N–H and O–H groups in total. The summed E-state index contributed by atoms with van der Waals surface area (Å²) < 4.78 is 0. The molecule has 3 unspecified atom stereocenters. The Morgan fingerprint density at radius 2 is 2.04 bits per heavy atom. The van der Waals surface area contributed by atoms with Crippen molar-refractivity contribution in [2.45, 2.75) is 43.8 Å². The lowest BCUT2D eigenvalue weighted by atomic mass is 9.86. The minimum atomic E-state index is -0.599. The molecule has 1 aromatic heterocycles. The lowest BCUT2D eigenvalue weighted by molar-refractivity contribution is -0.127. The fourth-order valence-electron chi connectivity index (χ4n) is 3.72. The molecule has 1 aliphatic heterocycles. The first-order chi connectivity index (χ1) is 11.1. The first kappa shape index (κ1) is 14.7. The molecular weight excluding hydrogens is 314 g/mol. The molecule has 3 atom stereocenters. The third-order valence-corrected chi connectivity index (χ3v) is 5.21. The maximum absolute atomic E-state index is 12.5. The van der Waals surface area contributed by atoms with Crippen LogP contribution in [0.3, 0.4) is 0 Å². The molecule has 0 radical (unpaired) electrons. The number of phenolic OH excluding ortho intramolecular Hbond substituents is 1. The number of carbonyl (C=O) groups excluding carboxylic acids is 1. The summed E-state index contributed by atoms with van der Waals surface area (Å²) in [6, 6.07) is 5.07. The number of phenols is 1. The lowest BCUT2D eigenvalue weighted by Crippen LogP contribution is -2.61. The van der Waals surface area contributed by atoms with Crippen molar-refractivity contribution < 1.29 is 9.90 Å². The van der Waals surface area contributed by atoms with Crippen LogP contribution < -0.4 is 10.6 Å².